The Hall–Kier alpha value is 0.660. The van der Waals surface area contributed by atoms with Crippen LogP contribution in [0.3, 0.4) is 0 Å². The van der Waals surface area contributed by atoms with E-state index in [1.165, 1.54) is 18.4 Å². The Kier molecular flexibility index (Phi) is 3.85. The maximum atomic E-state index is 6.27. The van der Waals surface area contributed by atoms with Crippen molar-refractivity contribution in [2.45, 2.75) is 44.0 Å². The summed E-state index contributed by atoms with van der Waals surface area (Å²) in [6.07, 6.45) is 3.86. The van der Waals surface area contributed by atoms with Crippen LogP contribution in [-0.2, 0) is 16.3 Å². The van der Waals surface area contributed by atoms with Gasteiger partial charge in [-0.05, 0) is 64.9 Å². The van der Waals surface area contributed by atoms with Gasteiger partial charge in [0, 0.05) is 4.75 Å². The van der Waals surface area contributed by atoms with Gasteiger partial charge in [-0.25, -0.2) is 0 Å². The van der Waals surface area contributed by atoms with Crippen LogP contribution in [0, 0.1) is 5.92 Å². The molecule has 0 bridgehead atoms. The predicted octanol–water partition coefficient (Wildman–Crippen LogP) is 4.04. The molecule has 2 aliphatic rings. The van der Waals surface area contributed by atoms with Crippen molar-refractivity contribution in [3.63, 3.8) is 0 Å². The first-order valence-electron chi connectivity index (χ1n) is 6.09. The van der Waals surface area contributed by atoms with Gasteiger partial charge in [-0.1, -0.05) is 23.5 Å². The number of allylic oxidation sites excluding steroid dienone is 1. The molecule has 2 fully saturated rings. The van der Waals surface area contributed by atoms with E-state index in [1.807, 2.05) is 25.5 Å². The van der Waals surface area contributed by atoms with E-state index in [2.05, 4.69) is 25.1 Å². The van der Waals surface area contributed by atoms with Crippen LogP contribution in [0.5, 0.6) is 0 Å². The smallest absolute Gasteiger partial charge is 0.188 e. The molecule has 0 amide bonds. The lowest BCUT2D eigenvalue weighted by Gasteiger charge is -2.37. The molecule has 0 aromatic carbocycles. The third-order valence-electron chi connectivity index (χ3n) is 3.94. The number of hydrogen-bond donors (Lipinski definition) is 0. The lowest BCUT2D eigenvalue weighted by atomic mass is 9.77. The summed E-state index contributed by atoms with van der Waals surface area (Å²) in [5.74, 6) is 0.623. The fraction of sp³-hybridized carbons (Fsp3) is 0.833. The third-order valence-corrected chi connectivity index (χ3v) is 11.6. The normalized spacial score (nSPS) is 45.9. The monoisotopic (exact) mass is 291 g/mol. The molecule has 98 valence electrons. The Morgan fingerprint density at radius 3 is 2.76 bits per heavy atom. The maximum absolute atomic E-state index is 6.27. The van der Waals surface area contributed by atoms with Crippen molar-refractivity contribution in [3.05, 3.63) is 12.2 Å². The number of nitrogens with zero attached hydrogens (tertiary/aromatic N) is 1. The molecule has 1 aliphatic heterocycles. The minimum Gasteiger partial charge on any atom is -0.326 e. The SMILES string of the molecule is C=C(C)[C@@H]1CC[C@]2(C)S[P@](=S)(N(C)C)O[C@H]2C1. The topological polar surface area (TPSA) is 12.5 Å². The second kappa shape index (κ2) is 4.64. The molecule has 2 rings (SSSR count). The number of hydrogen-bond acceptors (Lipinski definition) is 3. The second-order valence-corrected chi connectivity index (χ2v) is 12.9. The Bertz CT molecular complexity index is 385. The average Bonchev–Trinajstić information content (AvgIpc) is 2.48. The van der Waals surface area contributed by atoms with Crippen LogP contribution in [0.15, 0.2) is 12.2 Å². The van der Waals surface area contributed by atoms with Gasteiger partial charge in [-0.15, -0.1) is 0 Å². The lowest BCUT2D eigenvalue weighted by molar-refractivity contribution is 0.122. The fourth-order valence-electron chi connectivity index (χ4n) is 2.58. The van der Waals surface area contributed by atoms with Crippen LogP contribution in [0.25, 0.3) is 0 Å². The van der Waals surface area contributed by atoms with Gasteiger partial charge < -0.3 is 4.52 Å². The van der Waals surface area contributed by atoms with Crippen LogP contribution < -0.4 is 0 Å². The summed E-state index contributed by atoms with van der Waals surface area (Å²) in [7, 11) is 4.09. The molecule has 17 heavy (non-hydrogen) atoms. The number of rotatable bonds is 2. The number of fused-ring (bicyclic) bond motifs is 1. The van der Waals surface area contributed by atoms with Crippen molar-refractivity contribution in [2.24, 2.45) is 5.92 Å². The lowest BCUT2D eigenvalue weighted by Crippen LogP contribution is -2.39. The molecule has 0 aromatic rings. The average molecular weight is 291 g/mol. The third kappa shape index (κ3) is 2.52. The zero-order valence-electron chi connectivity index (χ0n) is 11.1. The highest BCUT2D eigenvalue weighted by Crippen LogP contribution is 2.75. The Morgan fingerprint density at radius 1 is 1.59 bits per heavy atom. The highest BCUT2D eigenvalue weighted by atomic mass is 32.9. The van der Waals surface area contributed by atoms with Gasteiger partial charge in [0.25, 0.3) is 0 Å². The summed E-state index contributed by atoms with van der Waals surface area (Å²) in [6, 6.07) is 0. The van der Waals surface area contributed by atoms with E-state index in [9.17, 15) is 0 Å². The van der Waals surface area contributed by atoms with Gasteiger partial charge >= 0.3 is 0 Å². The van der Waals surface area contributed by atoms with Gasteiger partial charge in [0.2, 0.25) is 0 Å². The van der Waals surface area contributed by atoms with E-state index in [1.54, 1.807) is 0 Å². The summed E-state index contributed by atoms with van der Waals surface area (Å²) in [4.78, 5) is 0. The minimum absolute atomic E-state index is 0.228. The van der Waals surface area contributed by atoms with Crippen molar-refractivity contribution < 1.29 is 4.52 Å². The van der Waals surface area contributed by atoms with Gasteiger partial charge in [0.05, 0.1) is 6.10 Å². The first-order valence-corrected chi connectivity index (χ1v) is 10.2. The minimum atomic E-state index is -1.82. The molecular formula is C12H22NOPS2. The Balaban J connectivity index is 2.18. The molecule has 5 heteroatoms. The van der Waals surface area contributed by atoms with Crippen molar-refractivity contribution in [2.75, 3.05) is 14.1 Å². The maximum Gasteiger partial charge on any atom is 0.188 e. The van der Waals surface area contributed by atoms with E-state index in [0.29, 0.717) is 12.0 Å². The molecule has 0 aromatic heterocycles. The molecule has 0 N–H and O–H groups in total. The Labute approximate surface area is 114 Å². The van der Waals surface area contributed by atoms with Gasteiger partial charge in [0.15, 0.2) is 5.62 Å². The molecule has 2 nitrogen and oxygen atoms in total. The van der Waals surface area contributed by atoms with Crippen molar-refractivity contribution in [1.82, 2.24) is 4.67 Å². The molecular weight excluding hydrogens is 269 g/mol. The van der Waals surface area contributed by atoms with Crippen molar-refractivity contribution in [3.8, 4) is 0 Å². The second-order valence-electron chi connectivity index (χ2n) is 5.63. The zero-order chi connectivity index (χ0) is 12.8. The molecule has 1 saturated heterocycles. The molecule has 4 atom stereocenters. The predicted molar refractivity (Wildman–Crippen MR) is 81.0 cm³/mol. The highest BCUT2D eigenvalue weighted by Gasteiger charge is 2.53. The van der Waals surface area contributed by atoms with Crippen LogP contribution in [0.4, 0.5) is 0 Å². The largest absolute Gasteiger partial charge is 0.326 e. The van der Waals surface area contributed by atoms with Gasteiger partial charge in [0.1, 0.15) is 0 Å². The summed E-state index contributed by atoms with van der Waals surface area (Å²) in [5, 5.41) is 0. The van der Waals surface area contributed by atoms with Crippen molar-refractivity contribution >= 4 is 28.8 Å². The quantitative estimate of drug-likeness (QED) is 0.562. The first kappa shape index (κ1) is 14.1. The first-order chi connectivity index (χ1) is 7.77. The summed E-state index contributed by atoms with van der Waals surface area (Å²) in [6.45, 7) is 8.56. The molecule has 1 saturated carbocycles. The van der Waals surface area contributed by atoms with E-state index in [4.69, 9.17) is 16.3 Å². The van der Waals surface area contributed by atoms with Crippen molar-refractivity contribution in [1.29, 1.82) is 0 Å². The van der Waals surface area contributed by atoms with Crippen LogP contribution in [0.2, 0.25) is 0 Å². The van der Waals surface area contributed by atoms with E-state index < -0.39 is 5.62 Å². The van der Waals surface area contributed by atoms with E-state index in [0.717, 1.165) is 6.42 Å². The van der Waals surface area contributed by atoms with Gasteiger partial charge in [-0.3, -0.25) is 4.67 Å². The van der Waals surface area contributed by atoms with Crippen LogP contribution in [0.1, 0.15) is 33.1 Å². The van der Waals surface area contributed by atoms with E-state index in [-0.39, 0.29) is 4.75 Å². The standard InChI is InChI=1S/C12H22NOPS2/c1-9(2)10-6-7-12(3)11(8-10)14-15(16,17-12)13(4)5/h10-11H,1,6-8H2,2-5H3/t10-,11+,12+,15-/m1/s1. The highest BCUT2D eigenvalue weighted by molar-refractivity contribution is 8.69. The summed E-state index contributed by atoms with van der Waals surface area (Å²) in [5.41, 5.74) is -0.519. The fourth-order valence-corrected chi connectivity index (χ4v) is 9.66. The van der Waals surface area contributed by atoms with Crippen LogP contribution >= 0.6 is 17.0 Å². The summed E-state index contributed by atoms with van der Waals surface area (Å²) < 4.78 is 8.62. The van der Waals surface area contributed by atoms with E-state index >= 15 is 0 Å². The molecule has 0 spiro atoms. The molecule has 0 unspecified atom stereocenters. The molecule has 1 aliphatic carbocycles. The summed E-state index contributed by atoms with van der Waals surface area (Å²) >= 11 is 7.66. The molecule has 0 radical (unpaired) electrons. The Morgan fingerprint density at radius 2 is 2.24 bits per heavy atom. The zero-order valence-corrected chi connectivity index (χ0v) is 13.6. The van der Waals surface area contributed by atoms with Gasteiger partial charge in [-0.2, -0.15) is 0 Å². The van der Waals surface area contributed by atoms with Crippen LogP contribution in [-0.4, -0.2) is 29.6 Å². The molecule has 1 heterocycles.